The van der Waals surface area contributed by atoms with Gasteiger partial charge in [0.1, 0.15) is 19.3 Å². The molecule has 0 spiro atoms. The Morgan fingerprint density at radius 1 is 0.870 bits per heavy atom. The molecule has 2 rings (SSSR count). The third-order valence-electron chi connectivity index (χ3n) is 3.19. The number of rotatable bonds is 9. The maximum Gasteiger partial charge on any atom is 0.323 e. The van der Waals surface area contributed by atoms with Gasteiger partial charge in [0.05, 0.1) is 6.61 Å². The van der Waals surface area contributed by atoms with Crippen LogP contribution in [-0.4, -0.2) is 18.6 Å². The van der Waals surface area contributed by atoms with Crippen LogP contribution in [0.5, 0.6) is 0 Å². The second-order valence-corrected chi connectivity index (χ2v) is 5.06. The topological polar surface area (TPSA) is 70.8 Å². The number of carbonyl (C=O) groups is 1. The quantitative estimate of drug-likeness (QED) is 0.333. The molecular weight excluding hydrogens is 294 g/mol. The van der Waals surface area contributed by atoms with Gasteiger partial charge in [0.15, 0.2) is 0 Å². The van der Waals surface area contributed by atoms with E-state index in [0.29, 0.717) is 13.0 Å². The summed E-state index contributed by atoms with van der Waals surface area (Å²) in [4.78, 5) is 21.9. The highest BCUT2D eigenvalue weighted by atomic mass is 17.2. The summed E-state index contributed by atoms with van der Waals surface area (Å²) in [5, 5.41) is 0. The third-order valence-corrected chi connectivity index (χ3v) is 3.19. The van der Waals surface area contributed by atoms with E-state index in [1.54, 1.807) is 0 Å². The Bertz CT molecular complexity index is 574. The summed E-state index contributed by atoms with van der Waals surface area (Å²) in [6.07, 6.45) is 0.336. The Labute approximate surface area is 135 Å². The van der Waals surface area contributed by atoms with Crippen molar-refractivity contribution in [2.24, 2.45) is 5.73 Å². The maximum absolute atomic E-state index is 11.8. The van der Waals surface area contributed by atoms with Crippen LogP contribution in [-0.2, 0) is 32.5 Å². The molecular formula is C18H21NO4. The molecule has 122 valence electrons. The van der Waals surface area contributed by atoms with E-state index in [9.17, 15) is 4.79 Å². The van der Waals surface area contributed by atoms with Gasteiger partial charge in [0.2, 0.25) is 0 Å². The number of benzene rings is 2. The monoisotopic (exact) mass is 315 g/mol. The first kappa shape index (κ1) is 17.1. The smallest absolute Gasteiger partial charge is 0.323 e. The van der Waals surface area contributed by atoms with Gasteiger partial charge in [-0.25, -0.2) is 9.78 Å². The Morgan fingerprint density at radius 2 is 1.43 bits per heavy atom. The molecule has 0 bridgehead atoms. The predicted octanol–water partition coefficient (Wildman–Crippen LogP) is 2.60. The third kappa shape index (κ3) is 6.61. The van der Waals surface area contributed by atoms with Crippen molar-refractivity contribution >= 4 is 5.97 Å². The second kappa shape index (κ2) is 9.74. The lowest BCUT2D eigenvalue weighted by Gasteiger charge is -2.11. The van der Waals surface area contributed by atoms with Crippen LogP contribution < -0.4 is 5.73 Å². The minimum Gasteiger partial charge on any atom is -0.460 e. The van der Waals surface area contributed by atoms with Crippen molar-refractivity contribution in [1.29, 1.82) is 0 Å². The average molecular weight is 315 g/mol. The summed E-state index contributed by atoms with van der Waals surface area (Å²) in [6.45, 7) is 0.807. The average Bonchev–Trinajstić information content (AvgIpc) is 2.61. The van der Waals surface area contributed by atoms with Crippen molar-refractivity contribution in [3.63, 3.8) is 0 Å². The zero-order valence-corrected chi connectivity index (χ0v) is 12.9. The molecule has 0 heterocycles. The van der Waals surface area contributed by atoms with Crippen LogP contribution in [0.2, 0.25) is 0 Å². The van der Waals surface area contributed by atoms with Crippen LogP contribution >= 0.6 is 0 Å². The minimum atomic E-state index is -0.723. The van der Waals surface area contributed by atoms with Gasteiger partial charge in [0, 0.05) is 0 Å². The lowest BCUT2D eigenvalue weighted by Crippen LogP contribution is -2.33. The van der Waals surface area contributed by atoms with Gasteiger partial charge in [-0.15, -0.1) is 0 Å². The van der Waals surface area contributed by atoms with E-state index in [1.165, 1.54) is 0 Å². The van der Waals surface area contributed by atoms with Crippen molar-refractivity contribution in [2.75, 3.05) is 6.61 Å². The van der Waals surface area contributed by atoms with E-state index >= 15 is 0 Å². The van der Waals surface area contributed by atoms with Crippen LogP contribution in [0.3, 0.4) is 0 Å². The number of nitrogens with two attached hydrogens (primary N) is 1. The summed E-state index contributed by atoms with van der Waals surface area (Å²) in [5.41, 5.74) is 7.70. The molecule has 2 N–H and O–H groups in total. The molecule has 0 saturated heterocycles. The largest absolute Gasteiger partial charge is 0.460 e. The molecule has 0 saturated carbocycles. The van der Waals surface area contributed by atoms with Crippen molar-refractivity contribution in [1.82, 2.24) is 0 Å². The molecule has 0 fully saturated rings. The number of esters is 1. The fraction of sp³-hybridized carbons (Fsp3) is 0.278. The van der Waals surface area contributed by atoms with Gasteiger partial charge in [-0.05, 0) is 17.5 Å². The molecule has 0 unspecified atom stereocenters. The fourth-order valence-corrected chi connectivity index (χ4v) is 1.87. The molecule has 0 aliphatic heterocycles. The summed E-state index contributed by atoms with van der Waals surface area (Å²) in [5.74, 6) is -0.444. The summed E-state index contributed by atoms with van der Waals surface area (Å²) >= 11 is 0. The van der Waals surface area contributed by atoms with Crippen LogP contribution in [0.25, 0.3) is 0 Å². The number of carbonyl (C=O) groups excluding carboxylic acids is 1. The summed E-state index contributed by atoms with van der Waals surface area (Å²) in [7, 11) is 0. The highest BCUT2D eigenvalue weighted by Gasteiger charge is 2.15. The number of ether oxygens (including phenoxy) is 1. The first-order valence-electron chi connectivity index (χ1n) is 7.50. The van der Waals surface area contributed by atoms with E-state index < -0.39 is 12.0 Å². The van der Waals surface area contributed by atoms with Gasteiger partial charge in [-0.1, -0.05) is 60.7 Å². The van der Waals surface area contributed by atoms with Crippen molar-refractivity contribution in [3.05, 3.63) is 71.8 Å². The lowest BCUT2D eigenvalue weighted by atomic mass is 10.2. The molecule has 0 aliphatic rings. The van der Waals surface area contributed by atoms with E-state index in [0.717, 1.165) is 11.1 Å². The molecule has 0 radical (unpaired) electrons. The standard InChI is InChI=1S/C18H21NO4/c19-17(18(20)21-13-15-7-3-1-4-8-15)11-12-22-23-14-16-9-5-2-6-10-16/h1-10,17H,11-14,19H2/t17-/m0/s1. The predicted molar refractivity (Wildman–Crippen MR) is 86.0 cm³/mol. The van der Waals surface area contributed by atoms with Gasteiger partial charge in [-0.2, -0.15) is 0 Å². The van der Waals surface area contributed by atoms with Gasteiger partial charge >= 0.3 is 5.97 Å². The summed E-state index contributed by atoms with van der Waals surface area (Å²) in [6, 6.07) is 18.4. The Kier molecular flexibility index (Phi) is 7.26. The van der Waals surface area contributed by atoms with Gasteiger partial charge in [0.25, 0.3) is 0 Å². The van der Waals surface area contributed by atoms with Gasteiger partial charge in [-0.3, -0.25) is 4.79 Å². The molecule has 5 heteroatoms. The second-order valence-electron chi connectivity index (χ2n) is 5.06. The first-order chi connectivity index (χ1) is 11.3. The molecule has 0 amide bonds. The Balaban J connectivity index is 1.57. The van der Waals surface area contributed by atoms with Crippen LogP contribution in [0, 0.1) is 0 Å². The van der Waals surface area contributed by atoms with E-state index in [-0.39, 0.29) is 13.2 Å². The number of hydrogen-bond donors (Lipinski definition) is 1. The minimum absolute atomic E-state index is 0.221. The van der Waals surface area contributed by atoms with Crippen LogP contribution in [0.1, 0.15) is 17.5 Å². The highest BCUT2D eigenvalue weighted by Crippen LogP contribution is 2.04. The molecule has 5 nitrogen and oxygen atoms in total. The van der Waals surface area contributed by atoms with E-state index in [2.05, 4.69) is 0 Å². The zero-order valence-electron chi connectivity index (χ0n) is 12.9. The summed E-state index contributed by atoms with van der Waals surface area (Å²) < 4.78 is 5.16. The normalized spacial score (nSPS) is 11.9. The molecule has 0 aromatic heterocycles. The van der Waals surface area contributed by atoms with Crippen LogP contribution in [0.15, 0.2) is 60.7 Å². The maximum atomic E-state index is 11.8. The van der Waals surface area contributed by atoms with E-state index in [1.807, 2.05) is 60.7 Å². The molecule has 2 aromatic rings. The fourth-order valence-electron chi connectivity index (χ4n) is 1.87. The molecule has 1 atom stereocenters. The Morgan fingerprint density at radius 3 is 2.04 bits per heavy atom. The van der Waals surface area contributed by atoms with Crippen LogP contribution in [0.4, 0.5) is 0 Å². The lowest BCUT2D eigenvalue weighted by molar-refractivity contribution is -0.304. The zero-order chi connectivity index (χ0) is 16.3. The number of hydrogen-bond acceptors (Lipinski definition) is 5. The van der Waals surface area contributed by atoms with Crippen molar-refractivity contribution < 1.29 is 19.3 Å². The van der Waals surface area contributed by atoms with Crippen molar-refractivity contribution in [3.8, 4) is 0 Å². The first-order valence-corrected chi connectivity index (χ1v) is 7.50. The molecule has 23 heavy (non-hydrogen) atoms. The molecule has 2 aromatic carbocycles. The SMILES string of the molecule is N[C@@H](CCOOCc1ccccc1)C(=O)OCc1ccccc1. The van der Waals surface area contributed by atoms with E-state index in [4.69, 9.17) is 20.2 Å². The Hall–Kier alpha value is -2.21. The highest BCUT2D eigenvalue weighted by molar-refractivity contribution is 5.75. The van der Waals surface area contributed by atoms with Gasteiger partial charge < -0.3 is 10.5 Å². The molecule has 0 aliphatic carbocycles. The van der Waals surface area contributed by atoms with Crippen molar-refractivity contribution in [2.45, 2.75) is 25.7 Å².